The fourth-order valence-electron chi connectivity index (χ4n) is 3.42. The lowest BCUT2D eigenvalue weighted by atomic mass is 9.97. The highest BCUT2D eigenvalue weighted by Crippen LogP contribution is 2.19. The zero-order valence-corrected chi connectivity index (χ0v) is 18.0. The number of esters is 1. The highest BCUT2D eigenvalue weighted by atomic mass is 16.5. The molecule has 0 spiro atoms. The number of hydrogen-bond acceptors (Lipinski definition) is 4. The first-order valence-corrected chi connectivity index (χ1v) is 10.4. The molecule has 1 aromatic rings. The van der Waals surface area contributed by atoms with Gasteiger partial charge in [-0.1, -0.05) is 26.0 Å². The van der Waals surface area contributed by atoms with E-state index in [0.717, 1.165) is 49.7 Å². The normalized spacial score (nSPS) is 15.3. The molecule has 0 saturated carbocycles. The Hall–Kier alpha value is -2.57. The van der Waals surface area contributed by atoms with Crippen molar-refractivity contribution in [3.8, 4) is 0 Å². The number of hydrogen-bond donors (Lipinski definition) is 2. The van der Waals surface area contributed by atoms with Crippen molar-refractivity contribution < 1.29 is 14.3 Å². The van der Waals surface area contributed by atoms with E-state index in [4.69, 9.17) is 9.73 Å². The summed E-state index contributed by atoms with van der Waals surface area (Å²) in [5.41, 5.74) is 1.83. The summed E-state index contributed by atoms with van der Waals surface area (Å²) in [6.07, 6.45) is 2.05. The van der Waals surface area contributed by atoms with Gasteiger partial charge in [0, 0.05) is 31.7 Å². The molecule has 0 aliphatic carbocycles. The van der Waals surface area contributed by atoms with Crippen LogP contribution in [0.4, 0.5) is 5.69 Å². The number of nitrogens with zero attached hydrogens (tertiary/aromatic N) is 2. The van der Waals surface area contributed by atoms with Crippen LogP contribution in [0.3, 0.4) is 0 Å². The highest BCUT2D eigenvalue weighted by molar-refractivity contribution is 5.90. The van der Waals surface area contributed by atoms with Crippen LogP contribution in [0.15, 0.2) is 29.3 Å². The van der Waals surface area contributed by atoms with Crippen LogP contribution in [0, 0.1) is 11.8 Å². The van der Waals surface area contributed by atoms with Gasteiger partial charge in [0.15, 0.2) is 5.96 Å². The van der Waals surface area contributed by atoms with Gasteiger partial charge in [-0.3, -0.25) is 9.59 Å². The summed E-state index contributed by atoms with van der Waals surface area (Å²) in [7, 11) is 1.44. The number of aliphatic imine (C=N–C) groups is 1. The number of carbonyl (C=O) groups is 2. The Bertz CT molecular complexity index is 710. The molecule has 7 nitrogen and oxygen atoms in total. The minimum atomic E-state index is -0.122. The summed E-state index contributed by atoms with van der Waals surface area (Å²) in [6, 6.07) is 7.81. The molecule has 1 saturated heterocycles. The van der Waals surface area contributed by atoms with E-state index < -0.39 is 0 Å². The Morgan fingerprint density at radius 1 is 1.28 bits per heavy atom. The van der Waals surface area contributed by atoms with Crippen LogP contribution >= 0.6 is 0 Å². The maximum atomic E-state index is 12.0. The van der Waals surface area contributed by atoms with Crippen LogP contribution in [0.1, 0.15) is 45.6 Å². The molecule has 29 heavy (non-hydrogen) atoms. The molecule has 1 fully saturated rings. The van der Waals surface area contributed by atoms with Crippen molar-refractivity contribution >= 4 is 23.5 Å². The van der Waals surface area contributed by atoms with Crippen LogP contribution in [0.25, 0.3) is 0 Å². The van der Waals surface area contributed by atoms with E-state index in [1.165, 1.54) is 7.11 Å². The summed E-state index contributed by atoms with van der Waals surface area (Å²) in [5.74, 6) is 1.06. The van der Waals surface area contributed by atoms with Crippen LogP contribution < -0.4 is 10.6 Å². The van der Waals surface area contributed by atoms with Gasteiger partial charge in [-0.05, 0) is 43.4 Å². The topological polar surface area (TPSA) is 83.0 Å². The molecule has 0 bridgehead atoms. The number of amides is 1. The van der Waals surface area contributed by atoms with Crippen LogP contribution in [-0.4, -0.2) is 49.5 Å². The third-order valence-corrected chi connectivity index (χ3v) is 4.88. The Kier molecular flexibility index (Phi) is 8.96. The first-order valence-electron chi connectivity index (χ1n) is 10.4. The summed E-state index contributed by atoms with van der Waals surface area (Å²) >= 11 is 0. The number of anilines is 1. The lowest BCUT2D eigenvalue weighted by Gasteiger charge is -2.33. The Labute approximate surface area is 173 Å². The molecule has 0 unspecified atom stereocenters. The van der Waals surface area contributed by atoms with Crippen molar-refractivity contribution in [2.45, 2.75) is 46.6 Å². The Morgan fingerprint density at radius 2 is 2.00 bits per heavy atom. The first-order chi connectivity index (χ1) is 13.9. The van der Waals surface area contributed by atoms with E-state index in [0.29, 0.717) is 18.9 Å². The maximum absolute atomic E-state index is 12.0. The van der Waals surface area contributed by atoms with E-state index in [-0.39, 0.29) is 17.8 Å². The number of guanidine groups is 1. The molecule has 1 aromatic carbocycles. The molecule has 1 amide bonds. The largest absolute Gasteiger partial charge is 0.469 e. The zero-order chi connectivity index (χ0) is 21.2. The number of benzene rings is 1. The predicted molar refractivity (Wildman–Crippen MR) is 116 cm³/mol. The SMILES string of the molecule is CCNC(=NCc1cccc(NC(=O)CC(C)C)c1)N1CCC(C(=O)OC)CC1. The molecule has 2 rings (SSSR count). The first kappa shape index (κ1) is 22.7. The lowest BCUT2D eigenvalue weighted by Crippen LogP contribution is -2.46. The van der Waals surface area contributed by atoms with Crippen molar-refractivity contribution in [2.24, 2.45) is 16.8 Å². The number of nitrogens with one attached hydrogen (secondary N) is 2. The van der Waals surface area contributed by atoms with Gasteiger partial charge in [-0.25, -0.2) is 4.99 Å². The minimum absolute atomic E-state index is 0.0229. The van der Waals surface area contributed by atoms with E-state index in [2.05, 4.69) is 15.5 Å². The standard InChI is InChI=1S/C22H34N4O3/c1-5-23-22(26-11-9-18(10-12-26)21(28)29-4)24-15-17-7-6-8-19(14-17)25-20(27)13-16(2)3/h6-8,14,16,18H,5,9-13,15H2,1-4H3,(H,23,24)(H,25,27). The van der Waals surface area contributed by atoms with Crippen LogP contribution in [-0.2, 0) is 20.9 Å². The van der Waals surface area contributed by atoms with E-state index in [1.54, 1.807) is 0 Å². The van der Waals surface area contributed by atoms with E-state index >= 15 is 0 Å². The highest BCUT2D eigenvalue weighted by Gasteiger charge is 2.26. The minimum Gasteiger partial charge on any atom is -0.469 e. The number of carbonyl (C=O) groups excluding carboxylic acids is 2. The number of piperidine rings is 1. The monoisotopic (exact) mass is 402 g/mol. The molecule has 160 valence electrons. The second-order valence-corrected chi connectivity index (χ2v) is 7.80. The quantitative estimate of drug-likeness (QED) is 0.416. The fourth-order valence-corrected chi connectivity index (χ4v) is 3.42. The van der Waals surface area contributed by atoms with E-state index in [9.17, 15) is 9.59 Å². The van der Waals surface area contributed by atoms with Gasteiger partial charge in [0.25, 0.3) is 0 Å². The molecular formula is C22H34N4O3. The summed E-state index contributed by atoms with van der Waals surface area (Å²) in [6.45, 7) is 8.95. The van der Waals surface area contributed by atoms with Crippen molar-refractivity contribution in [1.29, 1.82) is 0 Å². The second-order valence-electron chi connectivity index (χ2n) is 7.80. The van der Waals surface area contributed by atoms with Crippen LogP contribution in [0.2, 0.25) is 0 Å². The molecule has 0 aromatic heterocycles. The van der Waals surface area contributed by atoms with Crippen molar-refractivity contribution in [3.63, 3.8) is 0 Å². The number of methoxy groups -OCH3 is 1. The molecule has 7 heteroatoms. The molecule has 1 aliphatic heterocycles. The molecule has 1 aliphatic rings. The number of rotatable bonds is 7. The van der Waals surface area contributed by atoms with Crippen molar-refractivity contribution in [2.75, 3.05) is 32.1 Å². The van der Waals surface area contributed by atoms with Gasteiger partial charge in [0.1, 0.15) is 0 Å². The Morgan fingerprint density at radius 3 is 2.62 bits per heavy atom. The van der Waals surface area contributed by atoms with Gasteiger partial charge in [0.2, 0.25) is 5.91 Å². The summed E-state index contributed by atoms with van der Waals surface area (Å²) in [5, 5.41) is 6.29. The van der Waals surface area contributed by atoms with Crippen molar-refractivity contribution in [3.05, 3.63) is 29.8 Å². The van der Waals surface area contributed by atoms with Gasteiger partial charge < -0.3 is 20.3 Å². The molecule has 1 heterocycles. The lowest BCUT2D eigenvalue weighted by molar-refractivity contribution is -0.146. The Balaban J connectivity index is 1.99. The average Bonchev–Trinajstić information content (AvgIpc) is 2.70. The maximum Gasteiger partial charge on any atom is 0.308 e. The van der Waals surface area contributed by atoms with Gasteiger partial charge in [0.05, 0.1) is 19.6 Å². The predicted octanol–water partition coefficient (Wildman–Crippen LogP) is 3.02. The van der Waals surface area contributed by atoms with E-state index in [1.807, 2.05) is 45.0 Å². The third kappa shape index (κ3) is 7.40. The molecule has 0 radical (unpaired) electrons. The van der Waals surface area contributed by atoms with Gasteiger partial charge in [-0.2, -0.15) is 0 Å². The smallest absolute Gasteiger partial charge is 0.308 e. The van der Waals surface area contributed by atoms with Gasteiger partial charge >= 0.3 is 5.97 Å². The summed E-state index contributed by atoms with van der Waals surface area (Å²) < 4.78 is 4.86. The van der Waals surface area contributed by atoms with Gasteiger partial charge in [-0.15, -0.1) is 0 Å². The molecular weight excluding hydrogens is 368 g/mol. The van der Waals surface area contributed by atoms with Crippen molar-refractivity contribution in [1.82, 2.24) is 10.2 Å². The molecule has 0 atom stereocenters. The third-order valence-electron chi connectivity index (χ3n) is 4.88. The number of likely N-dealkylation sites (tertiary alicyclic amines) is 1. The van der Waals surface area contributed by atoms with Crippen LogP contribution in [0.5, 0.6) is 0 Å². The average molecular weight is 403 g/mol. The number of ether oxygens (including phenoxy) is 1. The summed E-state index contributed by atoms with van der Waals surface area (Å²) in [4.78, 5) is 30.7. The zero-order valence-electron chi connectivity index (χ0n) is 18.0. The fraction of sp³-hybridized carbons (Fsp3) is 0.591. The molecule has 2 N–H and O–H groups in total. The second kappa shape index (κ2) is 11.4.